The highest BCUT2D eigenvalue weighted by Gasteiger charge is 2.29. The standard InChI is InChI=1S/C23H23F3N8O4/c24-23(25,26)15-38-22-29-20(31-27-13-17-12-18(34(36)37)6-7-19(17)35)28-21(30-22)33-10-8-32(9-11-33)14-16-4-2-1-3-5-16/h1-7,12-13,35H,8-11,14-15H2,(H,28,29,30,31). The first kappa shape index (κ1) is 26.5. The van der Waals surface area contributed by atoms with Gasteiger partial charge in [0.1, 0.15) is 5.75 Å². The number of nitro benzene ring substituents is 1. The second-order valence-corrected chi connectivity index (χ2v) is 8.26. The first-order valence-corrected chi connectivity index (χ1v) is 11.4. The molecule has 0 radical (unpaired) electrons. The maximum Gasteiger partial charge on any atom is 0.422 e. The van der Waals surface area contributed by atoms with E-state index in [1.54, 1.807) is 4.90 Å². The number of nitrogens with zero attached hydrogens (tertiary/aromatic N) is 7. The molecule has 1 aromatic heterocycles. The third-order valence-electron chi connectivity index (χ3n) is 5.46. The van der Waals surface area contributed by atoms with Crippen molar-refractivity contribution in [3.63, 3.8) is 0 Å². The Bertz CT molecular complexity index is 1290. The lowest BCUT2D eigenvalue weighted by Crippen LogP contribution is -2.46. The number of rotatable bonds is 9. The molecule has 0 atom stereocenters. The van der Waals surface area contributed by atoms with Crippen molar-refractivity contribution in [1.29, 1.82) is 0 Å². The molecule has 0 saturated carbocycles. The lowest BCUT2D eigenvalue weighted by Gasteiger charge is -2.34. The van der Waals surface area contributed by atoms with Crippen LogP contribution in [0.15, 0.2) is 53.6 Å². The van der Waals surface area contributed by atoms with Crippen molar-refractivity contribution >= 4 is 23.8 Å². The van der Waals surface area contributed by atoms with Gasteiger partial charge in [0, 0.05) is 50.4 Å². The number of benzene rings is 2. The highest BCUT2D eigenvalue weighted by atomic mass is 19.4. The monoisotopic (exact) mass is 532 g/mol. The van der Waals surface area contributed by atoms with Crippen LogP contribution in [0.4, 0.5) is 30.8 Å². The highest BCUT2D eigenvalue weighted by Crippen LogP contribution is 2.23. The molecular weight excluding hydrogens is 509 g/mol. The third kappa shape index (κ3) is 7.49. The van der Waals surface area contributed by atoms with Gasteiger partial charge < -0.3 is 14.7 Å². The molecule has 200 valence electrons. The van der Waals surface area contributed by atoms with E-state index in [4.69, 9.17) is 4.74 Å². The molecule has 2 aromatic carbocycles. The van der Waals surface area contributed by atoms with Crippen LogP contribution in [-0.4, -0.2) is 75.1 Å². The smallest absolute Gasteiger partial charge is 0.422 e. The molecule has 0 aliphatic carbocycles. The summed E-state index contributed by atoms with van der Waals surface area (Å²) >= 11 is 0. The van der Waals surface area contributed by atoms with Crippen molar-refractivity contribution in [3.8, 4) is 11.8 Å². The number of hydrogen-bond donors (Lipinski definition) is 2. The lowest BCUT2D eigenvalue weighted by atomic mass is 10.2. The first-order valence-electron chi connectivity index (χ1n) is 11.4. The summed E-state index contributed by atoms with van der Waals surface area (Å²) < 4.78 is 42.9. The van der Waals surface area contributed by atoms with Crippen LogP contribution in [0.5, 0.6) is 11.8 Å². The molecule has 0 unspecified atom stereocenters. The van der Waals surface area contributed by atoms with E-state index < -0.39 is 23.7 Å². The molecule has 4 rings (SSSR count). The summed E-state index contributed by atoms with van der Waals surface area (Å²) in [5.74, 6) is -0.368. The lowest BCUT2D eigenvalue weighted by molar-refractivity contribution is -0.384. The molecule has 15 heteroatoms. The summed E-state index contributed by atoms with van der Waals surface area (Å²) in [6, 6.07) is 12.8. The van der Waals surface area contributed by atoms with Gasteiger partial charge in [-0.2, -0.15) is 33.2 Å². The summed E-state index contributed by atoms with van der Waals surface area (Å²) in [7, 11) is 0. The third-order valence-corrected chi connectivity index (χ3v) is 5.46. The zero-order valence-electron chi connectivity index (χ0n) is 19.9. The van der Waals surface area contributed by atoms with Crippen molar-refractivity contribution in [3.05, 3.63) is 69.8 Å². The number of piperazine rings is 1. The second-order valence-electron chi connectivity index (χ2n) is 8.26. The van der Waals surface area contributed by atoms with Crippen LogP contribution >= 0.6 is 0 Å². The van der Waals surface area contributed by atoms with E-state index in [1.807, 2.05) is 30.3 Å². The minimum atomic E-state index is -4.60. The number of aromatic hydroxyl groups is 1. The molecule has 0 amide bonds. The van der Waals surface area contributed by atoms with Gasteiger partial charge in [-0.3, -0.25) is 15.0 Å². The fourth-order valence-electron chi connectivity index (χ4n) is 3.61. The van der Waals surface area contributed by atoms with Gasteiger partial charge in [0.05, 0.1) is 11.1 Å². The molecule has 1 aliphatic heterocycles. The summed E-state index contributed by atoms with van der Waals surface area (Å²) in [5, 5.41) is 24.7. The molecule has 1 saturated heterocycles. The Labute approximate surface area is 214 Å². The fourth-order valence-corrected chi connectivity index (χ4v) is 3.61. The van der Waals surface area contributed by atoms with Gasteiger partial charge in [-0.05, 0) is 11.6 Å². The van der Waals surface area contributed by atoms with Crippen LogP contribution in [0.2, 0.25) is 0 Å². The van der Waals surface area contributed by atoms with Crippen molar-refractivity contribution < 1.29 is 27.9 Å². The number of ether oxygens (including phenoxy) is 1. The molecule has 0 bridgehead atoms. The van der Waals surface area contributed by atoms with E-state index in [-0.39, 0.29) is 28.9 Å². The molecule has 2 N–H and O–H groups in total. The molecule has 1 fully saturated rings. The van der Waals surface area contributed by atoms with E-state index in [2.05, 4.69) is 30.4 Å². The normalized spacial score (nSPS) is 14.6. The minimum Gasteiger partial charge on any atom is -0.507 e. The van der Waals surface area contributed by atoms with Crippen LogP contribution in [0.25, 0.3) is 0 Å². The average molecular weight is 532 g/mol. The Morgan fingerprint density at radius 1 is 1.11 bits per heavy atom. The Kier molecular flexibility index (Phi) is 8.15. The second kappa shape index (κ2) is 11.7. The molecule has 0 spiro atoms. The number of aromatic nitrogens is 3. The number of hydrazone groups is 1. The van der Waals surface area contributed by atoms with Crippen molar-refractivity contribution in [2.45, 2.75) is 12.7 Å². The number of phenolic OH excluding ortho intramolecular Hbond substituents is 1. The Hall–Kier alpha value is -4.53. The minimum absolute atomic E-state index is 0.0315. The number of alkyl halides is 3. The van der Waals surface area contributed by atoms with Crippen molar-refractivity contribution in [2.75, 3.05) is 43.1 Å². The first-order chi connectivity index (χ1) is 18.2. The molecule has 2 heterocycles. The van der Waals surface area contributed by atoms with Crippen LogP contribution in [0, 0.1) is 10.1 Å². The summed E-state index contributed by atoms with van der Waals surface area (Å²) in [6.07, 6.45) is -3.51. The van der Waals surface area contributed by atoms with E-state index in [1.165, 1.54) is 5.56 Å². The van der Waals surface area contributed by atoms with Crippen molar-refractivity contribution in [2.24, 2.45) is 5.10 Å². The van der Waals surface area contributed by atoms with Crippen LogP contribution in [0.3, 0.4) is 0 Å². The highest BCUT2D eigenvalue weighted by molar-refractivity contribution is 5.84. The van der Waals surface area contributed by atoms with E-state index in [0.29, 0.717) is 26.2 Å². The zero-order chi connectivity index (χ0) is 27.1. The predicted molar refractivity (Wildman–Crippen MR) is 131 cm³/mol. The SMILES string of the molecule is O=[N+]([O-])c1ccc(O)c(C=NNc2nc(OCC(F)(F)F)nc(N3CCN(Cc4ccccc4)CC3)n2)c1. The van der Waals surface area contributed by atoms with Gasteiger partial charge in [0.15, 0.2) is 6.61 Å². The summed E-state index contributed by atoms with van der Waals surface area (Å²) in [6.45, 7) is 1.54. The van der Waals surface area contributed by atoms with Gasteiger partial charge >= 0.3 is 12.2 Å². The number of nitro groups is 1. The number of non-ortho nitro benzene ring substituents is 1. The summed E-state index contributed by atoms with van der Waals surface area (Å²) in [5.41, 5.74) is 3.39. The molecule has 38 heavy (non-hydrogen) atoms. The molecule has 3 aromatic rings. The Morgan fingerprint density at radius 2 is 1.84 bits per heavy atom. The van der Waals surface area contributed by atoms with Crippen LogP contribution in [0.1, 0.15) is 11.1 Å². The largest absolute Gasteiger partial charge is 0.507 e. The number of hydrogen-bond acceptors (Lipinski definition) is 11. The Balaban J connectivity index is 1.48. The van der Waals surface area contributed by atoms with Gasteiger partial charge in [-0.1, -0.05) is 30.3 Å². The maximum atomic E-state index is 12.7. The topological polar surface area (TPSA) is 142 Å². The van der Waals surface area contributed by atoms with Crippen molar-refractivity contribution in [1.82, 2.24) is 19.9 Å². The van der Waals surface area contributed by atoms with E-state index in [0.717, 1.165) is 31.0 Å². The number of nitrogens with one attached hydrogen (secondary N) is 1. The molecule has 1 aliphatic rings. The van der Waals surface area contributed by atoms with Crippen LogP contribution in [-0.2, 0) is 6.54 Å². The average Bonchev–Trinajstić information content (AvgIpc) is 2.89. The Morgan fingerprint density at radius 3 is 2.53 bits per heavy atom. The van der Waals surface area contributed by atoms with Crippen LogP contribution < -0.4 is 15.1 Å². The van der Waals surface area contributed by atoms with Gasteiger partial charge in [0.2, 0.25) is 5.95 Å². The van der Waals surface area contributed by atoms with E-state index in [9.17, 15) is 28.4 Å². The maximum absolute atomic E-state index is 12.7. The summed E-state index contributed by atoms with van der Waals surface area (Å²) in [4.78, 5) is 26.5. The van der Waals surface area contributed by atoms with Gasteiger partial charge in [0.25, 0.3) is 11.6 Å². The zero-order valence-corrected chi connectivity index (χ0v) is 19.9. The van der Waals surface area contributed by atoms with Gasteiger partial charge in [-0.25, -0.2) is 5.43 Å². The fraction of sp³-hybridized carbons (Fsp3) is 0.304. The number of anilines is 2. The quantitative estimate of drug-likeness (QED) is 0.240. The number of halogens is 3. The number of phenols is 1. The van der Waals surface area contributed by atoms with Gasteiger partial charge in [-0.15, -0.1) is 0 Å². The molecule has 12 nitrogen and oxygen atoms in total. The molecular formula is C23H23F3N8O4. The van der Waals surface area contributed by atoms with E-state index >= 15 is 0 Å². The predicted octanol–water partition coefficient (Wildman–Crippen LogP) is 3.19.